The fraction of sp³-hybridized carbons (Fsp3) is 0.478. The van der Waals surface area contributed by atoms with Gasteiger partial charge in [-0.1, -0.05) is 0 Å². The van der Waals surface area contributed by atoms with Crippen LogP contribution in [0.15, 0.2) is 36.7 Å². The van der Waals surface area contributed by atoms with Crippen molar-refractivity contribution in [2.45, 2.75) is 45.2 Å². The van der Waals surface area contributed by atoms with Crippen LogP contribution in [-0.4, -0.2) is 48.2 Å². The smallest absolute Gasteiger partial charge is 0.128 e. The van der Waals surface area contributed by atoms with Crippen molar-refractivity contribution in [1.82, 2.24) is 15.3 Å². The van der Waals surface area contributed by atoms with Crippen molar-refractivity contribution in [1.29, 1.82) is 10.5 Å². The molecule has 2 aliphatic rings. The zero-order valence-corrected chi connectivity index (χ0v) is 17.8. The van der Waals surface area contributed by atoms with Crippen LogP contribution in [0.5, 0.6) is 0 Å². The third-order valence-electron chi connectivity index (χ3n) is 5.65. The lowest BCUT2D eigenvalue weighted by atomic mass is 10.0. The predicted molar refractivity (Wildman–Crippen MR) is 118 cm³/mol. The number of anilines is 2. The van der Waals surface area contributed by atoms with Crippen LogP contribution in [0, 0.1) is 22.7 Å². The number of piperidine rings is 1. The molecule has 0 bridgehead atoms. The summed E-state index contributed by atoms with van der Waals surface area (Å²) in [5.74, 6) is 1.96. The van der Waals surface area contributed by atoms with Crippen LogP contribution in [0.25, 0.3) is 0 Å². The molecule has 2 fully saturated rings. The van der Waals surface area contributed by atoms with E-state index in [0.717, 1.165) is 37.8 Å². The summed E-state index contributed by atoms with van der Waals surface area (Å²) in [7, 11) is 0. The minimum absolute atomic E-state index is 0.458. The highest BCUT2D eigenvalue weighted by molar-refractivity contribution is 5.44. The number of nitriles is 2. The third kappa shape index (κ3) is 5.46. The highest BCUT2D eigenvalue weighted by Gasteiger charge is 2.19. The molecule has 2 aliphatic heterocycles. The van der Waals surface area contributed by atoms with Crippen LogP contribution < -0.4 is 15.1 Å². The fourth-order valence-corrected chi connectivity index (χ4v) is 3.86. The fourth-order valence-electron chi connectivity index (χ4n) is 3.86. The first kappa shape index (κ1) is 21.5. The van der Waals surface area contributed by atoms with Crippen LogP contribution >= 0.6 is 0 Å². The van der Waals surface area contributed by atoms with Crippen LogP contribution in [0.4, 0.5) is 11.6 Å². The van der Waals surface area contributed by atoms with E-state index in [1.807, 2.05) is 24.3 Å². The van der Waals surface area contributed by atoms with Crippen LogP contribution in [0.2, 0.25) is 0 Å². The van der Waals surface area contributed by atoms with Crippen LogP contribution in [0.3, 0.4) is 0 Å². The van der Waals surface area contributed by atoms with Crippen molar-refractivity contribution in [3.8, 4) is 12.1 Å². The Morgan fingerprint density at radius 1 is 0.867 bits per heavy atom. The van der Waals surface area contributed by atoms with Crippen LogP contribution in [-0.2, 0) is 0 Å². The maximum absolute atomic E-state index is 8.69. The van der Waals surface area contributed by atoms with Gasteiger partial charge >= 0.3 is 0 Å². The highest BCUT2D eigenvalue weighted by atomic mass is 15.3. The summed E-state index contributed by atoms with van der Waals surface area (Å²) in [5, 5.41) is 20.7. The van der Waals surface area contributed by atoms with Crippen molar-refractivity contribution in [3.63, 3.8) is 0 Å². The molecule has 2 saturated heterocycles. The molecule has 2 aromatic heterocycles. The lowest BCUT2D eigenvalue weighted by Crippen LogP contribution is -2.50. The van der Waals surface area contributed by atoms with Gasteiger partial charge in [0.15, 0.2) is 0 Å². The van der Waals surface area contributed by atoms with Gasteiger partial charge in [-0.05, 0) is 57.4 Å². The Hall–Kier alpha value is -3.16. The van der Waals surface area contributed by atoms with Crippen molar-refractivity contribution in [2.75, 3.05) is 36.0 Å². The van der Waals surface area contributed by atoms with E-state index in [2.05, 4.69) is 51.1 Å². The summed E-state index contributed by atoms with van der Waals surface area (Å²) in [6.07, 6.45) is 7.07. The Morgan fingerprint density at radius 3 is 1.93 bits per heavy atom. The number of hydrogen-bond donors (Lipinski definition) is 1. The molecule has 0 radical (unpaired) electrons. The molecule has 7 heteroatoms. The lowest BCUT2D eigenvalue weighted by Gasteiger charge is -2.34. The number of pyridine rings is 2. The van der Waals surface area contributed by atoms with E-state index in [0.29, 0.717) is 23.2 Å². The number of nitrogens with one attached hydrogen (secondary N) is 1. The van der Waals surface area contributed by atoms with E-state index in [1.165, 1.54) is 19.3 Å². The maximum atomic E-state index is 8.69. The lowest BCUT2D eigenvalue weighted by molar-refractivity contribution is 0.481. The van der Waals surface area contributed by atoms with Crippen molar-refractivity contribution in [3.05, 3.63) is 47.8 Å². The molecule has 7 nitrogen and oxygen atoms in total. The first-order valence-electron chi connectivity index (χ1n) is 10.6. The molecular weight excluding hydrogens is 374 g/mol. The molecule has 4 rings (SSSR count). The summed E-state index contributed by atoms with van der Waals surface area (Å²) in [4.78, 5) is 13.2. The van der Waals surface area contributed by atoms with Crippen molar-refractivity contribution in [2.24, 2.45) is 0 Å². The predicted octanol–water partition coefficient (Wildman–Crippen LogP) is 3.08. The highest BCUT2D eigenvalue weighted by Crippen LogP contribution is 2.22. The van der Waals surface area contributed by atoms with E-state index in [4.69, 9.17) is 10.5 Å². The number of piperazine rings is 1. The molecule has 2 aromatic rings. The van der Waals surface area contributed by atoms with E-state index in [9.17, 15) is 0 Å². The molecule has 0 aromatic carbocycles. The molecule has 4 heterocycles. The van der Waals surface area contributed by atoms with Gasteiger partial charge < -0.3 is 15.1 Å². The summed E-state index contributed by atoms with van der Waals surface area (Å²) < 4.78 is 0. The second kappa shape index (κ2) is 10.6. The molecule has 0 aliphatic carbocycles. The van der Waals surface area contributed by atoms with E-state index >= 15 is 0 Å². The quantitative estimate of drug-likeness (QED) is 0.824. The second-order valence-electron chi connectivity index (χ2n) is 7.82. The average Bonchev–Trinajstić information content (AvgIpc) is 2.80. The monoisotopic (exact) mass is 403 g/mol. The Balaban J connectivity index is 0.000000171. The first-order chi connectivity index (χ1) is 14.6. The Labute approximate surface area is 179 Å². The van der Waals surface area contributed by atoms with Gasteiger partial charge in [-0.3, -0.25) is 0 Å². The SMILES string of the molecule is C[C@@H]1CCCCN1c1ccc(C#N)cn1.C[C@@H]1CNCCN1c1ccc(C#N)cn1. The zero-order valence-electron chi connectivity index (χ0n) is 17.8. The number of nitrogens with zero attached hydrogens (tertiary/aromatic N) is 6. The molecule has 1 N–H and O–H groups in total. The molecule has 156 valence electrons. The summed E-state index contributed by atoms with van der Waals surface area (Å²) in [5.41, 5.74) is 1.24. The molecular formula is C23H29N7. The van der Waals surface area contributed by atoms with Gasteiger partial charge in [0.25, 0.3) is 0 Å². The molecule has 0 saturated carbocycles. The molecule has 0 spiro atoms. The molecule has 2 atom stereocenters. The Bertz CT molecular complexity index is 804. The molecule has 30 heavy (non-hydrogen) atoms. The average molecular weight is 404 g/mol. The maximum Gasteiger partial charge on any atom is 0.128 e. The largest absolute Gasteiger partial charge is 0.354 e. The van der Waals surface area contributed by atoms with Crippen molar-refractivity contribution < 1.29 is 0 Å². The summed E-state index contributed by atoms with van der Waals surface area (Å²) in [6, 6.07) is 12.7. The van der Waals surface area contributed by atoms with Gasteiger partial charge in [-0.15, -0.1) is 0 Å². The second-order valence-corrected chi connectivity index (χ2v) is 7.82. The van der Waals surface area contributed by atoms with Gasteiger partial charge in [0, 0.05) is 50.7 Å². The minimum atomic E-state index is 0.458. The molecule has 0 unspecified atom stereocenters. The minimum Gasteiger partial charge on any atom is -0.354 e. The number of rotatable bonds is 2. The summed E-state index contributed by atoms with van der Waals surface area (Å²) >= 11 is 0. The zero-order chi connectivity index (χ0) is 21.3. The van der Waals surface area contributed by atoms with Crippen molar-refractivity contribution >= 4 is 11.6 Å². The number of hydrogen-bond acceptors (Lipinski definition) is 7. The first-order valence-corrected chi connectivity index (χ1v) is 10.6. The number of aromatic nitrogens is 2. The van der Waals surface area contributed by atoms with Gasteiger partial charge in [-0.2, -0.15) is 10.5 Å². The Morgan fingerprint density at radius 2 is 1.47 bits per heavy atom. The van der Waals surface area contributed by atoms with Crippen LogP contribution in [0.1, 0.15) is 44.2 Å². The van der Waals surface area contributed by atoms with E-state index in [-0.39, 0.29) is 0 Å². The van der Waals surface area contributed by atoms with Gasteiger partial charge in [0.1, 0.15) is 23.8 Å². The molecule has 0 amide bonds. The Kier molecular flexibility index (Phi) is 7.59. The van der Waals surface area contributed by atoms with E-state index in [1.54, 1.807) is 12.4 Å². The normalized spacial score (nSPS) is 21.1. The third-order valence-corrected chi connectivity index (χ3v) is 5.65. The van der Waals surface area contributed by atoms with Gasteiger partial charge in [-0.25, -0.2) is 9.97 Å². The standard InChI is InChI=1S/C12H15N3.C11H14N4/c1-10-4-2-3-7-15(10)12-6-5-11(8-13)9-14-12;1-9-7-13-4-5-15(9)11-3-2-10(6-12)8-14-11/h5-6,9-10H,2-4,7H2,1H3;2-3,8-9,13H,4-5,7H2,1H3/t10-;9-/m11/s1. The summed E-state index contributed by atoms with van der Waals surface area (Å²) in [6.45, 7) is 8.44. The topological polar surface area (TPSA) is 91.9 Å². The van der Waals surface area contributed by atoms with Gasteiger partial charge in [0.2, 0.25) is 0 Å². The van der Waals surface area contributed by atoms with E-state index < -0.39 is 0 Å². The van der Waals surface area contributed by atoms with Gasteiger partial charge in [0.05, 0.1) is 11.1 Å².